The predicted molar refractivity (Wildman–Crippen MR) is 71.2 cm³/mol. The Balaban J connectivity index is 2.23. The maximum atomic E-state index is 10.6. The highest BCUT2D eigenvalue weighted by atomic mass is 16.6. The second-order valence-electron chi connectivity index (χ2n) is 3.71. The summed E-state index contributed by atoms with van der Waals surface area (Å²) in [6.45, 7) is 0. The van der Waals surface area contributed by atoms with Crippen LogP contribution in [-0.4, -0.2) is 11.1 Å². The summed E-state index contributed by atoms with van der Waals surface area (Å²) in [5.74, 6) is 0. The van der Waals surface area contributed by atoms with Crippen LogP contribution in [-0.2, 0) is 0 Å². The number of hydrogen-bond donors (Lipinski definition) is 1. The van der Waals surface area contributed by atoms with Crippen LogP contribution < -0.4 is 5.73 Å². The van der Waals surface area contributed by atoms with E-state index in [9.17, 15) is 10.1 Å². The van der Waals surface area contributed by atoms with Gasteiger partial charge in [0.1, 0.15) is 0 Å². The Hall–Kier alpha value is -2.69. The van der Waals surface area contributed by atoms with E-state index >= 15 is 0 Å². The van der Waals surface area contributed by atoms with Crippen LogP contribution in [0, 0.1) is 10.1 Å². The fraction of sp³-hybridized carbons (Fsp3) is 0. The zero-order chi connectivity index (χ0) is 13.0. The molecule has 0 saturated carbocycles. The monoisotopic (exact) mass is 241 g/mol. The van der Waals surface area contributed by atoms with Crippen LogP contribution in [0.5, 0.6) is 0 Å². The molecule has 0 amide bonds. The summed E-state index contributed by atoms with van der Waals surface area (Å²) < 4.78 is 0. The van der Waals surface area contributed by atoms with Crippen LogP contribution in [0.15, 0.2) is 53.5 Å². The van der Waals surface area contributed by atoms with Crippen LogP contribution >= 0.6 is 0 Å². The van der Waals surface area contributed by atoms with E-state index < -0.39 is 4.92 Å². The molecule has 2 rings (SSSR count). The van der Waals surface area contributed by atoms with Crippen molar-refractivity contribution in [1.82, 2.24) is 0 Å². The highest BCUT2D eigenvalue weighted by molar-refractivity contribution is 5.83. The molecular weight excluding hydrogens is 230 g/mol. The van der Waals surface area contributed by atoms with Crippen molar-refractivity contribution in [3.63, 3.8) is 0 Å². The van der Waals surface area contributed by atoms with Crippen molar-refractivity contribution in [2.75, 3.05) is 5.73 Å². The van der Waals surface area contributed by atoms with Crippen LogP contribution in [0.2, 0.25) is 0 Å². The molecule has 0 bridgehead atoms. The molecule has 0 aliphatic heterocycles. The van der Waals surface area contributed by atoms with Gasteiger partial charge < -0.3 is 5.73 Å². The van der Waals surface area contributed by atoms with Gasteiger partial charge >= 0.3 is 0 Å². The van der Waals surface area contributed by atoms with Crippen LogP contribution in [0.1, 0.15) is 5.56 Å². The Bertz CT molecular complexity index is 609. The van der Waals surface area contributed by atoms with Crippen molar-refractivity contribution in [3.8, 4) is 0 Å². The molecule has 2 aromatic rings. The van der Waals surface area contributed by atoms with Gasteiger partial charge in [0.05, 0.1) is 10.6 Å². The minimum atomic E-state index is -0.433. The van der Waals surface area contributed by atoms with Crippen molar-refractivity contribution >= 4 is 23.3 Å². The number of nitrogen functional groups attached to an aromatic ring is 1. The molecule has 0 unspecified atom stereocenters. The minimum absolute atomic E-state index is 0.0477. The molecule has 18 heavy (non-hydrogen) atoms. The molecule has 5 heteroatoms. The minimum Gasteiger partial charge on any atom is -0.399 e. The molecule has 90 valence electrons. The number of nitro groups is 1. The van der Waals surface area contributed by atoms with Crippen molar-refractivity contribution in [2.24, 2.45) is 4.99 Å². The Kier molecular flexibility index (Phi) is 3.33. The summed E-state index contributed by atoms with van der Waals surface area (Å²) in [5, 5.41) is 10.6. The second kappa shape index (κ2) is 5.09. The van der Waals surface area contributed by atoms with Crippen LogP contribution in [0.4, 0.5) is 17.1 Å². The first kappa shape index (κ1) is 11.8. The molecule has 0 aromatic heterocycles. The number of nitrogens with two attached hydrogens (primary N) is 1. The Morgan fingerprint density at radius 2 is 1.94 bits per heavy atom. The second-order valence-corrected chi connectivity index (χ2v) is 3.71. The maximum Gasteiger partial charge on any atom is 0.270 e. The van der Waals surface area contributed by atoms with E-state index in [4.69, 9.17) is 5.73 Å². The highest BCUT2D eigenvalue weighted by Gasteiger charge is 2.03. The fourth-order valence-electron chi connectivity index (χ4n) is 1.47. The molecule has 2 aromatic carbocycles. The van der Waals surface area contributed by atoms with Crippen molar-refractivity contribution in [2.45, 2.75) is 0 Å². The predicted octanol–water partition coefficient (Wildman–Crippen LogP) is 2.93. The number of rotatable bonds is 3. The van der Waals surface area contributed by atoms with Gasteiger partial charge in [-0.3, -0.25) is 15.1 Å². The topological polar surface area (TPSA) is 81.5 Å². The molecule has 0 aliphatic rings. The zero-order valence-corrected chi connectivity index (χ0v) is 9.48. The van der Waals surface area contributed by atoms with Gasteiger partial charge in [-0.1, -0.05) is 18.2 Å². The van der Waals surface area contributed by atoms with Gasteiger partial charge in [-0.05, 0) is 23.8 Å². The first-order valence-electron chi connectivity index (χ1n) is 5.29. The first-order chi connectivity index (χ1) is 8.65. The number of nitro benzene ring substituents is 1. The van der Waals surface area contributed by atoms with Crippen molar-refractivity contribution in [1.29, 1.82) is 0 Å². The molecular formula is C13H11N3O2. The van der Waals surface area contributed by atoms with Crippen LogP contribution in [0.25, 0.3) is 0 Å². The summed E-state index contributed by atoms with van der Waals surface area (Å²) in [7, 11) is 0. The first-order valence-corrected chi connectivity index (χ1v) is 5.29. The normalized spacial score (nSPS) is 10.7. The van der Waals surface area contributed by atoms with Gasteiger partial charge in [-0.15, -0.1) is 0 Å². The molecule has 5 nitrogen and oxygen atoms in total. The average Bonchev–Trinajstić information content (AvgIpc) is 2.37. The molecule has 0 radical (unpaired) electrons. The Labute approximate surface area is 104 Å². The van der Waals surface area contributed by atoms with E-state index in [1.165, 1.54) is 12.1 Å². The lowest BCUT2D eigenvalue weighted by molar-refractivity contribution is -0.384. The molecule has 0 heterocycles. The third-order valence-corrected chi connectivity index (χ3v) is 2.31. The lowest BCUT2D eigenvalue weighted by atomic mass is 10.2. The SMILES string of the molecule is Nc1cccc(N=Cc2cccc([N+](=O)[O-])c2)c1. The lowest BCUT2D eigenvalue weighted by Gasteiger charge is -1.96. The standard InChI is InChI=1S/C13H11N3O2/c14-11-4-2-5-12(8-11)15-9-10-3-1-6-13(7-10)16(17)18/h1-9H,14H2. The summed E-state index contributed by atoms with van der Waals surface area (Å²) in [4.78, 5) is 14.4. The number of benzene rings is 2. The van der Waals surface area contributed by atoms with E-state index in [-0.39, 0.29) is 5.69 Å². The van der Waals surface area contributed by atoms with Gasteiger partial charge in [-0.2, -0.15) is 0 Å². The van der Waals surface area contributed by atoms with Crippen molar-refractivity contribution < 1.29 is 4.92 Å². The molecule has 0 aliphatic carbocycles. The van der Waals surface area contributed by atoms with E-state index in [2.05, 4.69) is 4.99 Å². The van der Waals surface area contributed by atoms with Gasteiger partial charge in [0.25, 0.3) is 5.69 Å². The summed E-state index contributed by atoms with van der Waals surface area (Å²) in [6.07, 6.45) is 1.57. The lowest BCUT2D eigenvalue weighted by Crippen LogP contribution is -1.89. The molecule has 0 fully saturated rings. The van der Waals surface area contributed by atoms with Gasteiger partial charge in [-0.25, -0.2) is 0 Å². The molecule has 0 saturated heterocycles. The zero-order valence-electron chi connectivity index (χ0n) is 9.48. The number of nitrogens with zero attached hydrogens (tertiary/aromatic N) is 2. The quantitative estimate of drug-likeness (QED) is 0.388. The molecule has 0 atom stereocenters. The van der Waals surface area contributed by atoms with E-state index in [0.717, 1.165) is 0 Å². The van der Waals surface area contributed by atoms with Crippen molar-refractivity contribution in [3.05, 3.63) is 64.2 Å². The average molecular weight is 241 g/mol. The van der Waals surface area contributed by atoms with Gasteiger partial charge in [0, 0.05) is 24.0 Å². The van der Waals surface area contributed by atoms with E-state index in [0.29, 0.717) is 16.9 Å². The Morgan fingerprint density at radius 3 is 2.67 bits per heavy atom. The van der Waals surface area contributed by atoms with Crippen LogP contribution in [0.3, 0.4) is 0 Å². The largest absolute Gasteiger partial charge is 0.399 e. The van der Waals surface area contributed by atoms with Gasteiger partial charge in [0.15, 0.2) is 0 Å². The molecule has 2 N–H and O–H groups in total. The van der Waals surface area contributed by atoms with Gasteiger partial charge in [0.2, 0.25) is 0 Å². The highest BCUT2D eigenvalue weighted by Crippen LogP contribution is 2.16. The number of non-ortho nitro benzene ring substituents is 1. The van der Waals surface area contributed by atoms with E-state index in [1.54, 1.807) is 36.5 Å². The number of aliphatic imine (C=N–C) groups is 1. The number of hydrogen-bond acceptors (Lipinski definition) is 4. The summed E-state index contributed by atoms with van der Waals surface area (Å²) >= 11 is 0. The third-order valence-electron chi connectivity index (χ3n) is 2.31. The summed E-state index contributed by atoms with van der Waals surface area (Å²) in [6, 6.07) is 13.4. The van der Waals surface area contributed by atoms with E-state index in [1.807, 2.05) is 6.07 Å². The Morgan fingerprint density at radius 1 is 1.17 bits per heavy atom. The summed E-state index contributed by atoms with van der Waals surface area (Å²) in [5.41, 5.74) is 7.69. The molecule has 0 spiro atoms. The maximum absolute atomic E-state index is 10.6. The smallest absolute Gasteiger partial charge is 0.270 e. The third kappa shape index (κ3) is 2.91. The number of anilines is 1. The fourth-order valence-corrected chi connectivity index (χ4v) is 1.47.